The van der Waals surface area contributed by atoms with E-state index in [0.29, 0.717) is 10.8 Å². The highest BCUT2D eigenvalue weighted by molar-refractivity contribution is 6.61. The standard InChI is InChI=1S/C8H6Cl2O3/c1-12-6-3-2-5(9)4-7(6)13-8(10)11/h2-4H,1H3. The van der Waals surface area contributed by atoms with Gasteiger partial charge in [0, 0.05) is 22.7 Å². The van der Waals surface area contributed by atoms with Crippen molar-refractivity contribution in [1.29, 1.82) is 0 Å². The summed E-state index contributed by atoms with van der Waals surface area (Å²) in [7, 11) is 1.45. The molecule has 1 aromatic rings. The average molecular weight is 221 g/mol. The number of methoxy groups -OCH3 is 1. The first-order valence-electron chi connectivity index (χ1n) is 3.34. The van der Waals surface area contributed by atoms with E-state index in [4.69, 9.17) is 27.9 Å². The van der Waals surface area contributed by atoms with Crippen LogP contribution in [0.4, 0.5) is 4.79 Å². The van der Waals surface area contributed by atoms with Crippen LogP contribution in [-0.2, 0) is 0 Å². The Kier molecular flexibility index (Phi) is 3.39. The Morgan fingerprint density at radius 3 is 2.62 bits per heavy atom. The molecule has 0 atom stereocenters. The van der Waals surface area contributed by atoms with E-state index < -0.39 is 5.43 Å². The molecule has 0 N–H and O–H groups in total. The lowest BCUT2D eigenvalue weighted by molar-refractivity contribution is 0.223. The monoisotopic (exact) mass is 220 g/mol. The largest absolute Gasteiger partial charge is 0.493 e. The number of halogens is 2. The van der Waals surface area contributed by atoms with Gasteiger partial charge in [0.05, 0.1) is 7.11 Å². The number of benzene rings is 1. The predicted molar refractivity (Wildman–Crippen MR) is 49.9 cm³/mol. The number of hydrogen-bond donors (Lipinski definition) is 0. The number of carbonyl (C=O) groups excluding carboxylic acids is 1. The molecule has 0 spiro atoms. The van der Waals surface area contributed by atoms with Crippen LogP contribution in [0.25, 0.3) is 0 Å². The van der Waals surface area contributed by atoms with Crippen molar-refractivity contribution in [2.45, 2.75) is 0 Å². The normalized spacial score (nSPS) is 9.46. The van der Waals surface area contributed by atoms with Crippen LogP contribution in [0.2, 0.25) is 5.02 Å². The lowest BCUT2D eigenvalue weighted by Crippen LogP contribution is -1.98. The minimum absolute atomic E-state index is 0.204. The van der Waals surface area contributed by atoms with E-state index in [1.54, 1.807) is 12.1 Å². The Labute approximate surface area is 85.2 Å². The van der Waals surface area contributed by atoms with E-state index in [-0.39, 0.29) is 5.75 Å². The van der Waals surface area contributed by atoms with E-state index >= 15 is 0 Å². The SMILES string of the molecule is COc1ccc(Cl)cc1OC(=O)Cl. The maximum Gasteiger partial charge on any atom is 0.409 e. The van der Waals surface area contributed by atoms with Crippen molar-refractivity contribution in [3.63, 3.8) is 0 Å². The van der Waals surface area contributed by atoms with Crippen molar-refractivity contribution in [3.8, 4) is 11.5 Å². The van der Waals surface area contributed by atoms with Crippen LogP contribution in [0, 0.1) is 0 Å². The van der Waals surface area contributed by atoms with E-state index in [9.17, 15) is 4.79 Å². The summed E-state index contributed by atoms with van der Waals surface area (Å²) in [6, 6.07) is 4.64. The van der Waals surface area contributed by atoms with Crippen molar-refractivity contribution in [2.24, 2.45) is 0 Å². The van der Waals surface area contributed by atoms with E-state index in [2.05, 4.69) is 4.74 Å². The third kappa shape index (κ3) is 2.79. The molecule has 3 nitrogen and oxygen atoms in total. The smallest absolute Gasteiger partial charge is 0.409 e. The molecule has 5 heteroatoms. The number of carbonyl (C=O) groups is 1. The Morgan fingerprint density at radius 1 is 1.38 bits per heavy atom. The first-order valence-corrected chi connectivity index (χ1v) is 4.10. The van der Waals surface area contributed by atoms with Gasteiger partial charge >= 0.3 is 5.43 Å². The molecule has 1 aromatic carbocycles. The second kappa shape index (κ2) is 4.35. The predicted octanol–water partition coefficient (Wildman–Crippen LogP) is 3.09. The summed E-state index contributed by atoms with van der Waals surface area (Å²) < 4.78 is 9.54. The lowest BCUT2D eigenvalue weighted by atomic mass is 10.3. The Hall–Kier alpha value is -0.930. The summed E-state index contributed by atoms with van der Waals surface area (Å²) in [5.41, 5.74) is -0.930. The van der Waals surface area contributed by atoms with Crippen LogP contribution in [0.15, 0.2) is 18.2 Å². The van der Waals surface area contributed by atoms with Gasteiger partial charge in [0.25, 0.3) is 0 Å². The molecular weight excluding hydrogens is 215 g/mol. The minimum Gasteiger partial charge on any atom is -0.493 e. The summed E-state index contributed by atoms with van der Waals surface area (Å²) in [4.78, 5) is 10.4. The van der Waals surface area contributed by atoms with Crippen molar-refractivity contribution in [2.75, 3.05) is 7.11 Å². The Balaban J connectivity index is 3.01. The van der Waals surface area contributed by atoms with Gasteiger partial charge in [0.2, 0.25) is 0 Å². The summed E-state index contributed by atoms with van der Waals surface area (Å²) in [6.07, 6.45) is 0. The second-order valence-electron chi connectivity index (χ2n) is 2.13. The lowest BCUT2D eigenvalue weighted by Gasteiger charge is -2.06. The molecule has 0 aliphatic carbocycles. The first kappa shape index (κ1) is 10.2. The molecule has 0 heterocycles. The third-order valence-electron chi connectivity index (χ3n) is 1.32. The van der Waals surface area contributed by atoms with Crippen LogP contribution >= 0.6 is 23.2 Å². The molecule has 0 saturated carbocycles. The fraction of sp³-hybridized carbons (Fsp3) is 0.125. The molecule has 0 amide bonds. The number of rotatable bonds is 2. The van der Waals surface area contributed by atoms with Gasteiger partial charge in [-0.15, -0.1) is 0 Å². The fourth-order valence-corrected chi connectivity index (χ4v) is 1.06. The molecule has 0 fully saturated rings. The van der Waals surface area contributed by atoms with Crippen molar-refractivity contribution < 1.29 is 14.3 Å². The maximum atomic E-state index is 10.4. The molecule has 0 unspecified atom stereocenters. The van der Waals surface area contributed by atoms with Gasteiger partial charge in [-0.25, -0.2) is 4.79 Å². The molecule has 0 aliphatic rings. The zero-order valence-electron chi connectivity index (χ0n) is 6.71. The Morgan fingerprint density at radius 2 is 2.08 bits per heavy atom. The molecule has 0 saturated heterocycles. The molecule has 0 aliphatic heterocycles. The van der Waals surface area contributed by atoms with Crippen LogP contribution < -0.4 is 9.47 Å². The Bertz CT molecular complexity index is 325. The van der Waals surface area contributed by atoms with Crippen molar-refractivity contribution >= 4 is 28.6 Å². The first-order chi connectivity index (χ1) is 6.13. The van der Waals surface area contributed by atoms with Gasteiger partial charge < -0.3 is 9.47 Å². The summed E-state index contributed by atoms with van der Waals surface area (Å²) >= 11 is 10.7. The molecular formula is C8H6Cl2O3. The van der Waals surface area contributed by atoms with Gasteiger partial charge in [-0.3, -0.25) is 0 Å². The highest BCUT2D eigenvalue weighted by Crippen LogP contribution is 2.30. The number of hydrogen-bond acceptors (Lipinski definition) is 3. The van der Waals surface area contributed by atoms with Crippen LogP contribution in [-0.4, -0.2) is 12.5 Å². The fourth-order valence-electron chi connectivity index (χ4n) is 0.817. The molecule has 1 rings (SSSR count). The quantitative estimate of drug-likeness (QED) is 0.719. The van der Waals surface area contributed by atoms with Crippen LogP contribution in [0.3, 0.4) is 0 Å². The molecule has 13 heavy (non-hydrogen) atoms. The summed E-state index contributed by atoms with van der Waals surface area (Å²) in [5.74, 6) is 0.605. The molecule has 0 radical (unpaired) electrons. The minimum atomic E-state index is -0.930. The zero-order valence-corrected chi connectivity index (χ0v) is 8.22. The van der Waals surface area contributed by atoms with Gasteiger partial charge in [-0.05, 0) is 12.1 Å². The second-order valence-corrected chi connectivity index (χ2v) is 2.88. The van der Waals surface area contributed by atoms with Gasteiger partial charge in [-0.2, -0.15) is 0 Å². The summed E-state index contributed by atoms with van der Waals surface area (Å²) in [6.45, 7) is 0. The van der Waals surface area contributed by atoms with Crippen molar-refractivity contribution in [1.82, 2.24) is 0 Å². The van der Waals surface area contributed by atoms with Gasteiger partial charge in [0.1, 0.15) is 0 Å². The van der Waals surface area contributed by atoms with E-state index in [0.717, 1.165) is 0 Å². The van der Waals surface area contributed by atoms with Gasteiger partial charge in [-0.1, -0.05) is 11.6 Å². The highest BCUT2D eigenvalue weighted by Gasteiger charge is 2.07. The van der Waals surface area contributed by atoms with E-state index in [1.165, 1.54) is 13.2 Å². The molecule has 0 aromatic heterocycles. The number of ether oxygens (including phenoxy) is 2. The van der Waals surface area contributed by atoms with Gasteiger partial charge in [0.15, 0.2) is 11.5 Å². The van der Waals surface area contributed by atoms with Crippen LogP contribution in [0.1, 0.15) is 0 Å². The van der Waals surface area contributed by atoms with Crippen LogP contribution in [0.5, 0.6) is 11.5 Å². The zero-order chi connectivity index (χ0) is 9.84. The average Bonchev–Trinajstić information content (AvgIpc) is 2.03. The van der Waals surface area contributed by atoms with E-state index in [1.807, 2.05) is 0 Å². The topological polar surface area (TPSA) is 35.5 Å². The summed E-state index contributed by atoms with van der Waals surface area (Å²) in [5, 5.41) is 0.439. The highest BCUT2D eigenvalue weighted by atomic mass is 35.5. The third-order valence-corrected chi connectivity index (χ3v) is 1.63. The molecule has 70 valence electrons. The molecule has 0 bridgehead atoms. The van der Waals surface area contributed by atoms with Crippen molar-refractivity contribution in [3.05, 3.63) is 23.2 Å². The maximum absolute atomic E-state index is 10.4.